The lowest BCUT2D eigenvalue weighted by Gasteiger charge is -2.18. The van der Waals surface area contributed by atoms with Crippen LogP contribution in [0.4, 0.5) is 4.39 Å². The molecule has 0 aliphatic carbocycles. The van der Waals surface area contributed by atoms with Crippen LogP contribution < -0.4 is 5.32 Å². The number of aliphatic hydroxyl groups excluding tert-OH is 1. The Morgan fingerprint density at radius 1 is 1.26 bits per heavy atom. The first-order valence-electron chi connectivity index (χ1n) is 7.72. The second-order valence-corrected chi connectivity index (χ2v) is 5.89. The number of hydrogen-bond acceptors (Lipinski definition) is 3. The fourth-order valence-corrected chi connectivity index (χ4v) is 2.51. The number of nitrogens with one attached hydrogen (secondary N) is 1. The summed E-state index contributed by atoms with van der Waals surface area (Å²) in [6, 6.07) is 9.41. The lowest BCUT2D eigenvalue weighted by atomic mass is 9.97. The molecule has 0 fully saturated rings. The molecular formula is C18H22FNO3. The van der Waals surface area contributed by atoms with Gasteiger partial charge in [0.25, 0.3) is 0 Å². The Morgan fingerprint density at radius 2 is 1.96 bits per heavy atom. The van der Waals surface area contributed by atoms with Crippen LogP contribution in [-0.4, -0.2) is 17.1 Å². The van der Waals surface area contributed by atoms with E-state index in [1.165, 1.54) is 18.4 Å². The molecule has 2 N–H and O–H groups in total. The number of carbonyl (C=O) groups is 1. The van der Waals surface area contributed by atoms with Crippen LogP contribution in [-0.2, 0) is 4.79 Å². The van der Waals surface area contributed by atoms with E-state index in [0.717, 1.165) is 5.56 Å². The highest BCUT2D eigenvalue weighted by atomic mass is 19.1. The predicted octanol–water partition coefficient (Wildman–Crippen LogP) is 3.54. The van der Waals surface area contributed by atoms with Crippen molar-refractivity contribution in [1.82, 2.24) is 5.32 Å². The topological polar surface area (TPSA) is 62.5 Å². The van der Waals surface area contributed by atoms with Crippen molar-refractivity contribution in [2.24, 2.45) is 0 Å². The van der Waals surface area contributed by atoms with Gasteiger partial charge in [-0.15, -0.1) is 0 Å². The van der Waals surface area contributed by atoms with Crippen LogP contribution in [0.15, 0.2) is 47.1 Å². The van der Waals surface area contributed by atoms with Gasteiger partial charge < -0.3 is 14.8 Å². The maximum Gasteiger partial charge on any atom is 0.220 e. The van der Waals surface area contributed by atoms with Crippen LogP contribution >= 0.6 is 0 Å². The third-order valence-electron chi connectivity index (χ3n) is 3.79. The fourth-order valence-electron chi connectivity index (χ4n) is 2.51. The molecule has 1 aromatic heterocycles. The van der Waals surface area contributed by atoms with Gasteiger partial charge in [-0.05, 0) is 42.7 Å². The summed E-state index contributed by atoms with van der Waals surface area (Å²) in [4.78, 5) is 12.1. The zero-order valence-corrected chi connectivity index (χ0v) is 13.3. The van der Waals surface area contributed by atoms with Crippen LogP contribution in [0, 0.1) is 5.82 Å². The van der Waals surface area contributed by atoms with Gasteiger partial charge in [0.1, 0.15) is 17.7 Å². The molecule has 0 saturated carbocycles. The van der Waals surface area contributed by atoms with E-state index >= 15 is 0 Å². The molecule has 0 aliphatic heterocycles. The molecule has 0 aliphatic rings. The molecule has 3 atom stereocenters. The number of amides is 1. The summed E-state index contributed by atoms with van der Waals surface area (Å²) in [5, 5.41) is 12.9. The first kappa shape index (κ1) is 17.2. The zero-order valence-electron chi connectivity index (χ0n) is 13.3. The summed E-state index contributed by atoms with van der Waals surface area (Å²) in [5.41, 5.74) is 0.921. The van der Waals surface area contributed by atoms with E-state index < -0.39 is 6.10 Å². The van der Waals surface area contributed by atoms with Gasteiger partial charge in [0.05, 0.1) is 6.26 Å². The van der Waals surface area contributed by atoms with Crippen molar-refractivity contribution in [3.8, 4) is 0 Å². The Balaban J connectivity index is 1.80. The number of aliphatic hydroxyl groups is 1. The van der Waals surface area contributed by atoms with Gasteiger partial charge in [-0.25, -0.2) is 4.39 Å². The van der Waals surface area contributed by atoms with Crippen molar-refractivity contribution in [3.05, 3.63) is 59.8 Å². The van der Waals surface area contributed by atoms with Crippen molar-refractivity contribution < 1.29 is 18.7 Å². The van der Waals surface area contributed by atoms with Crippen molar-refractivity contribution in [3.63, 3.8) is 0 Å². The summed E-state index contributed by atoms with van der Waals surface area (Å²) in [6.07, 6.45) is 1.46. The van der Waals surface area contributed by atoms with Gasteiger partial charge in [-0.3, -0.25) is 4.79 Å². The minimum absolute atomic E-state index is 0.00204. The Labute approximate surface area is 135 Å². The maximum atomic E-state index is 12.9. The van der Waals surface area contributed by atoms with Gasteiger partial charge in [0.2, 0.25) is 5.91 Å². The van der Waals surface area contributed by atoms with E-state index in [4.69, 9.17) is 4.42 Å². The van der Waals surface area contributed by atoms with Crippen molar-refractivity contribution in [2.75, 3.05) is 0 Å². The molecule has 5 heteroatoms. The molecule has 1 amide bonds. The lowest BCUT2D eigenvalue weighted by Crippen LogP contribution is -2.34. The summed E-state index contributed by atoms with van der Waals surface area (Å²) >= 11 is 0. The lowest BCUT2D eigenvalue weighted by molar-refractivity contribution is -0.122. The predicted molar refractivity (Wildman–Crippen MR) is 85.3 cm³/mol. The highest BCUT2D eigenvalue weighted by Crippen LogP contribution is 2.21. The highest BCUT2D eigenvalue weighted by molar-refractivity contribution is 5.77. The second kappa shape index (κ2) is 7.92. The quantitative estimate of drug-likeness (QED) is 0.820. The molecule has 23 heavy (non-hydrogen) atoms. The number of halogens is 1. The smallest absolute Gasteiger partial charge is 0.220 e. The van der Waals surface area contributed by atoms with E-state index in [-0.39, 0.29) is 23.7 Å². The molecule has 0 radical (unpaired) electrons. The molecule has 124 valence electrons. The Kier molecular flexibility index (Phi) is 5.93. The number of rotatable bonds is 7. The molecule has 2 rings (SSSR count). The monoisotopic (exact) mass is 319 g/mol. The first-order chi connectivity index (χ1) is 11.0. The summed E-state index contributed by atoms with van der Waals surface area (Å²) < 4.78 is 18.1. The van der Waals surface area contributed by atoms with E-state index in [0.29, 0.717) is 18.6 Å². The average Bonchev–Trinajstić information content (AvgIpc) is 3.01. The van der Waals surface area contributed by atoms with E-state index in [2.05, 4.69) is 5.32 Å². The van der Waals surface area contributed by atoms with Crippen molar-refractivity contribution in [2.45, 2.75) is 44.8 Å². The molecule has 0 spiro atoms. The molecular weight excluding hydrogens is 297 g/mol. The van der Waals surface area contributed by atoms with E-state index in [1.807, 2.05) is 13.8 Å². The number of hydrogen-bond donors (Lipinski definition) is 2. The normalized spacial score (nSPS) is 15.0. The summed E-state index contributed by atoms with van der Waals surface area (Å²) in [5.74, 6) is 0.107. The van der Waals surface area contributed by atoms with Crippen LogP contribution in [0.2, 0.25) is 0 Å². The highest BCUT2D eigenvalue weighted by Gasteiger charge is 2.18. The van der Waals surface area contributed by atoms with Crippen LogP contribution in [0.3, 0.4) is 0 Å². The first-order valence-corrected chi connectivity index (χ1v) is 7.72. The standard InChI is InChI=1S/C18H22FNO3/c1-12(14-5-7-15(19)8-6-14)10-18(22)20-13(2)11-16(21)17-4-3-9-23-17/h3-9,12-13,16,21H,10-11H2,1-2H3,(H,20,22). The zero-order chi connectivity index (χ0) is 16.8. The van der Waals surface area contributed by atoms with Gasteiger partial charge in [-0.1, -0.05) is 19.1 Å². The molecule has 3 unspecified atom stereocenters. The third-order valence-corrected chi connectivity index (χ3v) is 3.79. The van der Waals surface area contributed by atoms with E-state index in [1.54, 1.807) is 24.3 Å². The number of furan rings is 1. The van der Waals surface area contributed by atoms with Gasteiger partial charge in [0.15, 0.2) is 0 Å². The summed E-state index contributed by atoms with van der Waals surface area (Å²) in [6.45, 7) is 3.77. The number of benzene rings is 1. The Hall–Kier alpha value is -2.14. The molecule has 1 heterocycles. The van der Waals surface area contributed by atoms with Crippen LogP contribution in [0.5, 0.6) is 0 Å². The molecule has 1 aromatic carbocycles. The summed E-state index contributed by atoms with van der Waals surface area (Å²) in [7, 11) is 0. The van der Waals surface area contributed by atoms with Crippen LogP contribution in [0.1, 0.15) is 50.0 Å². The number of carbonyl (C=O) groups excluding carboxylic acids is 1. The molecule has 0 saturated heterocycles. The minimum Gasteiger partial charge on any atom is -0.467 e. The van der Waals surface area contributed by atoms with Gasteiger partial charge in [0, 0.05) is 18.9 Å². The van der Waals surface area contributed by atoms with Crippen molar-refractivity contribution >= 4 is 5.91 Å². The Bertz CT molecular complexity index is 610. The third kappa shape index (κ3) is 5.21. The molecule has 2 aromatic rings. The SMILES string of the molecule is CC(CC(O)c1ccco1)NC(=O)CC(C)c1ccc(F)cc1. The fraction of sp³-hybridized carbons (Fsp3) is 0.389. The van der Waals surface area contributed by atoms with Gasteiger partial charge >= 0.3 is 0 Å². The Morgan fingerprint density at radius 3 is 2.57 bits per heavy atom. The molecule has 0 bridgehead atoms. The minimum atomic E-state index is -0.741. The second-order valence-electron chi connectivity index (χ2n) is 5.89. The van der Waals surface area contributed by atoms with Gasteiger partial charge in [-0.2, -0.15) is 0 Å². The average molecular weight is 319 g/mol. The largest absolute Gasteiger partial charge is 0.467 e. The molecule has 4 nitrogen and oxygen atoms in total. The van der Waals surface area contributed by atoms with Crippen molar-refractivity contribution in [1.29, 1.82) is 0 Å². The maximum absolute atomic E-state index is 12.9. The van der Waals surface area contributed by atoms with E-state index in [9.17, 15) is 14.3 Å². The van der Waals surface area contributed by atoms with Crippen LogP contribution in [0.25, 0.3) is 0 Å².